The van der Waals surface area contributed by atoms with Gasteiger partial charge in [-0.15, -0.1) is 5.10 Å². The van der Waals surface area contributed by atoms with Crippen molar-refractivity contribution in [3.8, 4) is 11.5 Å². The van der Waals surface area contributed by atoms with Crippen LogP contribution in [0.2, 0.25) is 0 Å². The van der Waals surface area contributed by atoms with Crippen LogP contribution in [0.15, 0.2) is 53.3 Å². The maximum absolute atomic E-state index is 13.4. The summed E-state index contributed by atoms with van der Waals surface area (Å²) in [7, 11) is 3.29. The molecule has 9 heteroatoms. The predicted molar refractivity (Wildman–Crippen MR) is 133 cm³/mol. The number of piperidine rings is 1. The largest absolute Gasteiger partial charge is 0.497 e. The number of methoxy groups -OCH3 is 2. The molecule has 5 rings (SSSR count). The van der Waals surface area contributed by atoms with Gasteiger partial charge in [0, 0.05) is 16.5 Å². The number of likely N-dealkylation sites (tertiary alicyclic amines) is 1. The Kier molecular flexibility index (Phi) is 6.50. The summed E-state index contributed by atoms with van der Waals surface area (Å²) in [5.74, 6) is 2.84. The Hall–Kier alpha value is -3.72. The van der Waals surface area contributed by atoms with Gasteiger partial charge < -0.3 is 14.5 Å². The lowest BCUT2D eigenvalue weighted by Gasteiger charge is -2.35. The van der Waals surface area contributed by atoms with Gasteiger partial charge in [-0.05, 0) is 84.2 Å². The Morgan fingerprint density at radius 3 is 2.46 bits per heavy atom. The first kappa shape index (κ1) is 23.0. The zero-order chi connectivity index (χ0) is 24.4. The molecule has 0 unspecified atom stereocenters. The first-order valence-electron chi connectivity index (χ1n) is 11.9. The molecule has 3 heterocycles. The first-order chi connectivity index (χ1) is 17.1. The van der Waals surface area contributed by atoms with Crippen molar-refractivity contribution in [3.63, 3.8) is 0 Å². The highest BCUT2D eigenvalue weighted by Gasteiger charge is 2.32. The number of nitrogens with zero attached hydrogens (tertiary/aromatic N) is 5. The number of benzene rings is 2. The highest BCUT2D eigenvalue weighted by Crippen LogP contribution is 2.31. The average Bonchev–Trinajstić information content (AvgIpc) is 3.33. The van der Waals surface area contributed by atoms with Crippen molar-refractivity contribution in [2.24, 2.45) is 5.92 Å². The second kappa shape index (κ2) is 9.87. The van der Waals surface area contributed by atoms with Crippen LogP contribution in [0.1, 0.15) is 42.8 Å². The molecular weight excluding hydrogens is 444 g/mol. The molecule has 35 heavy (non-hydrogen) atoms. The first-order valence-corrected chi connectivity index (χ1v) is 11.9. The fourth-order valence-electron chi connectivity index (χ4n) is 4.74. The summed E-state index contributed by atoms with van der Waals surface area (Å²) in [4.78, 5) is 18.7. The number of ether oxygens (including phenoxy) is 2. The van der Waals surface area contributed by atoms with E-state index in [2.05, 4.69) is 32.3 Å². The van der Waals surface area contributed by atoms with Crippen LogP contribution in [0.25, 0.3) is 10.9 Å². The van der Waals surface area contributed by atoms with Gasteiger partial charge in [-0.2, -0.15) is 0 Å². The number of hydrogen-bond acceptors (Lipinski definition) is 7. The van der Waals surface area contributed by atoms with Crippen molar-refractivity contribution in [1.29, 1.82) is 0 Å². The molecule has 182 valence electrons. The number of aromatic nitrogens is 5. The van der Waals surface area contributed by atoms with Crippen LogP contribution in [0.5, 0.6) is 11.5 Å². The molecule has 0 aliphatic carbocycles. The molecule has 9 nitrogen and oxygen atoms in total. The monoisotopic (exact) mass is 474 g/mol. The van der Waals surface area contributed by atoms with Gasteiger partial charge in [-0.3, -0.25) is 9.69 Å². The van der Waals surface area contributed by atoms with E-state index in [0.717, 1.165) is 53.9 Å². The van der Waals surface area contributed by atoms with E-state index in [1.165, 1.54) is 0 Å². The number of H-pyrrole nitrogens is 1. The molecule has 1 aliphatic rings. The van der Waals surface area contributed by atoms with Crippen LogP contribution in [0, 0.1) is 5.92 Å². The Morgan fingerprint density at radius 1 is 1.03 bits per heavy atom. The number of nitrogens with one attached hydrogen (secondary N) is 1. The van der Waals surface area contributed by atoms with Crippen molar-refractivity contribution in [2.75, 3.05) is 27.3 Å². The molecule has 0 spiro atoms. The number of pyridine rings is 1. The van der Waals surface area contributed by atoms with Gasteiger partial charge in [0.2, 0.25) is 0 Å². The van der Waals surface area contributed by atoms with Crippen LogP contribution >= 0.6 is 0 Å². The summed E-state index contributed by atoms with van der Waals surface area (Å²) >= 11 is 0. The molecule has 1 fully saturated rings. The fourth-order valence-corrected chi connectivity index (χ4v) is 4.74. The Balaban J connectivity index is 1.58. The van der Waals surface area contributed by atoms with Gasteiger partial charge in [0.05, 0.1) is 20.8 Å². The van der Waals surface area contributed by atoms with E-state index in [1.54, 1.807) is 18.9 Å². The summed E-state index contributed by atoms with van der Waals surface area (Å²) in [6.45, 7) is 4.51. The van der Waals surface area contributed by atoms with Gasteiger partial charge in [0.25, 0.3) is 5.56 Å². The number of rotatable bonds is 7. The smallest absolute Gasteiger partial charge is 0.253 e. The normalized spacial score (nSPS) is 15.9. The lowest BCUT2D eigenvalue weighted by atomic mass is 9.95. The number of tetrazole rings is 1. The summed E-state index contributed by atoms with van der Waals surface area (Å²) in [5, 5.41) is 13.6. The summed E-state index contributed by atoms with van der Waals surface area (Å²) in [5.41, 5.74) is 2.31. The van der Waals surface area contributed by atoms with Gasteiger partial charge in [0.15, 0.2) is 5.82 Å². The zero-order valence-electron chi connectivity index (χ0n) is 20.3. The van der Waals surface area contributed by atoms with E-state index in [0.29, 0.717) is 23.9 Å². The Bertz CT molecular complexity index is 1360. The number of aromatic amines is 1. The Morgan fingerprint density at radius 2 is 1.74 bits per heavy atom. The third kappa shape index (κ3) is 4.77. The van der Waals surface area contributed by atoms with Crippen LogP contribution < -0.4 is 15.0 Å². The quantitative estimate of drug-likeness (QED) is 0.438. The molecule has 2 aromatic carbocycles. The Labute approximate surface area is 203 Å². The van der Waals surface area contributed by atoms with Gasteiger partial charge in [-0.1, -0.05) is 19.1 Å². The molecule has 1 saturated heterocycles. The van der Waals surface area contributed by atoms with E-state index in [-0.39, 0.29) is 11.6 Å². The lowest BCUT2D eigenvalue weighted by molar-refractivity contribution is 0.149. The molecule has 1 aliphatic heterocycles. The van der Waals surface area contributed by atoms with Crippen molar-refractivity contribution in [1.82, 2.24) is 30.1 Å². The topological polar surface area (TPSA) is 98.2 Å². The van der Waals surface area contributed by atoms with E-state index in [4.69, 9.17) is 9.47 Å². The van der Waals surface area contributed by atoms with Crippen LogP contribution in [-0.4, -0.2) is 57.4 Å². The lowest BCUT2D eigenvalue weighted by Crippen LogP contribution is -2.40. The second-order valence-corrected chi connectivity index (χ2v) is 9.17. The zero-order valence-corrected chi connectivity index (χ0v) is 20.3. The minimum absolute atomic E-state index is 0.134. The number of hydrogen-bond donors (Lipinski definition) is 1. The van der Waals surface area contributed by atoms with Crippen molar-refractivity contribution < 1.29 is 9.47 Å². The van der Waals surface area contributed by atoms with E-state index in [1.807, 2.05) is 48.5 Å². The summed E-state index contributed by atoms with van der Waals surface area (Å²) < 4.78 is 12.5. The molecule has 1 N–H and O–H groups in total. The van der Waals surface area contributed by atoms with Crippen LogP contribution in [0.4, 0.5) is 0 Å². The minimum atomic E-state index is -0.366. The third-order valence-corrected chi connectivity index (χ3v) is 6.85. The van der Waals surface area contributed by atoms with E-state index in [9.17, 15) is 4.79 Å². The third-order valence-electron chi connectivity index (χ3n) is 6.85. The standard InChI is InChI=1S/C26H30N6O3/c1-17-10-12-31(13-11-17)24(22-15-19-14-21(35-3)8-9-23(19)27-26(22)33)25-28-29-30-32(25)16-18-4-6-20(34-2)7-5-18/h4-9,14-15,17,24H,10-13,16H2,1-3H3,(H,27,33)/t24-/m0/s1. The van der Waals surface area contributed by atoms with E-state index >= 15 is 0 Å². The fraction of sp³-hybridized carbons (Fsp3) is 0.385. The molecule has 4 aromatic rings. The second-order valence-electron chi connectivity index (χ2n) is 9.17. The highest BCUT2D eigenvalue weighted by molar-refractivity contribution is 5.80. The molecule has 0 amide bonds. The van der Waals surface area contributed by atoms with Crippen LogP contribution in [-0.2, 0) is 6.54 Å². The average molecular weight is 475 g/mol. The maximum Gasteiger partial charge on any atom is 0.253 e. The van der Waals surface area contributed by atoms with Gasteiger partial charge >= 0.3 is 0 Å². The molecule has 0 radical (unpaired) electrons. The SMILES string of the molecule is COc1ccc(Cn2nnnc2[C@H](c2cc3cc(OC)ccc3[nH]c2=O)N2CCC(C)CC2)cc1. The predicted octanol–water partition coefficient (Wildman–Crippen LogP) is 3.40. The molecule has 1 atom stereocenters. The van der Waals surface area contributed by atoms with Crippen LogP contribution in [0.3, 0.4) is 0 Å². The van der Waals surface area contributed by atoms with Crippen molar-refractivity contribution in [3.05, 3.63) is 75.8 Å². The van der Waals surface area contributed by atoms with Gasteiger partial charge in [0.1, 0.15) is 17.5 Å². The van der Waals surface area contributed by atoms with Gasteiger partial charge in [-0.25, -0.2) is 4.68 Å². The summed E-state index contributed by atoms with van der Waals surface area (Å²) in [6.07, 6.45) is 2.13. The van der Waals surface area contributed by atoms with E-state index < -0.39 is 0 Å². The van der Waals surface area contributed by atoms with Crippen molar-refractivity contribution in [2.45, 2.75) is 32.4 Å². The maximum atomic E-state index is 13.4. The molecule has 2 aromatic heterocycles. The highest BCUT2D eigenvalue weighted by atomic mass is 16.5. The molecule has 0 bridgehead atoms. The molecular formula is C26H30N6O3. The number of fused-ring (bicyclic) bond motifs is 1. The minimum Gasteiger partial charge on any atom is -0.497 e. The summed E-state index contributed by atoms with van der Waals surface area (Å²) in [6, 6.07) is 15.1. The van der Waals surface area contributed by atoms with Crippen molar-refractivity contribution >= 4 is 10.9 Å². The molecule has 0 saturated carbocycles.